The number of Topliss-reactive ketones (excluding diaryl/α,β-unsaturated/α-hetero) is 2. The zero-order chi connectivity index (χ0) is 47.2. The maximum absolute atomic E-state index is 13.0. The molecule has 6 aromatic rings. The van der Waals surface area contributed by atoms with Gasteiger partial charge in [-0.05, 0) is 110 Å². The molecule has 2 aliphatic carbocycles. The number of alkyl halides is 6. The van der Waals surface area contributed by atoms with Gasteiger partial charge in [-0.3, -0.25) is 29.8 Å². The third-order valence-corrected chi connectivity index (χ3v) is 11.9. The van der Waals surface area contributed by atoms with E-state index in [-0.39, 0.29) is 59.6 Å². The van der Waals surface area contributed by atoms with Crippen molar-refractivity contribution in [1.82, 2.24) is 19.1 Å². The van der Waals surface area contributed by atoms with Gasteiger partial charge < -0.3 is 19.3 Å². The van der Waals surface area contributed by atoms with Gasteiger partial charge in [0.2, 0.25) is 11.9 Å². The number of imidazole rings is 2. The molecule has 18 heteroatoms. The summed E-state index contributed by atoms with van der Waals surface area (Å²) in [5, 5.41) is 23.8. The molecule has 66 heavy (non-hydrogen) atoms. The molecule has 2 atom stereocenters. The normalized spacial score (nSPS) is 16.8. The molecule has 4 aromatic carbocycles. The Labute approximate surface area is 375 Å². The van der Waals surface area contributed by atoms with Crippen molar-refractivity contribution in [3.63, 3.8) is 0 Å². The highest BCUT2D eigenvalue weighted by Gasteiger charge is 2.33. The van der Waals surface area contributed by atoms with Gasteiger partial charge >= 0.3 is 12.4 Å². The van der Waals surface area contributed by atoms with E-state index in [0.717, 1.165) is 73.9 Å². The molecular weight excluding hydrogens is 871 g/mol. The van der Waals surface area contributed by atoms with Gasteiger partial charge in [0.25, 0.3) is 11.8 Å². The molecule has 2 aromatic heterocycles. The van der Waals surface area contributed by atoms with Gasteiger partial charge in [0.15, 0.2) is 0 Å². The molecule has 348 valence electrons. The molecule has 12 nitrogen and oxygen atoms in total. The SMILES string of the molecule is O=C(Nc1nc2cc(C3CCCCC3=O)ccc2n1CCCO)c1cccc(C(F)(F)F)c1.O=C(Nc1nc2cc(C3CCCCC3=O)ccc2n1CCCO)c1cccc(C(F)(F)F)c1. The Kier molecular flexibility index (Phi) is 14.7. The molecule has 2 saturated carbocycles. The largest absolute Gasteiger partial charge is 0.416 e. The van der Waals surface area contributed by atoms with Gasteiger partial charge in [-0.2, -0.15) is 26.3 Å². The zero-order valence-corrected chi connectivity index (χ0v) is 35.7. The molecule has 8 rings (SSSR count). The van der Waals surface area contributed by atoms with Gasteiger partial charge in [0.05, 0.1) is 33.2 Å². The number of halogens is 6. The Morgan fingerprint density at radius 3 is 1.36 bits per heavy atom. The Bertz CT molecular complexity index is 2560. The highest BCUT2D eigenvalue weighted by Crippen LogP contribution is 2.35. The third kappa shape index (κ3) is 11.0. The number of aliphatic hydroxyl groups excluding tert-OH is 2. The van der Waals surface area contributed by atoms with Crippen LogP contribution in [0.3, 0.4) is 0 Å². The second kappa shape index (κ2) is 20.4. The van der Waals surface area contributed by atoms with E-state index in [1.54, 1.807) is 9.13 Å². The lowest BCUT2D eigenvalue weighted by Crippen LogP contribution is -2.17. The molecule has 4 N–H and O–H groups in total. The highest BCUT2D eigenvalue weighted by molar-refractivity contribution is 6.05. The number of amides is 2. The predicted octanol–water partition coefficient (Wildman–Crippen LogP) is 9.83. The molecule has 0 bridgehead atoms. The average molecular weight is 919 g/mol. The number of fused-ring (bicyclic) bond motifs is 2. The molecule has 2 heterocycles. The van der Waals surface area contributed by atoms with Crippen molar-refractivity contribution in [2.75, 3.05) is 23.8 Å². The van der Waals surface area contributed by atoms with Gasteiger partial charge in [-0.1, -0.05) is 37.1 Å². The topological polar surface area (TPSA) is 168 Å². The number of anilines is 2. The van der Waals surface area contributed by atoms with Crippen molar-refractivity contribution in [3.05, 3.63) is 118 Å². The standard InChI is InChI=1S/2C24H24F3N3O3/c2*25-24(26,27)17-6-3-5-16(13-17)22(33)29-23-28-19-14-15(18-7-1-2-8-21(18)32)9-10-20(19)30(23)11-4-12-31/h2*3,5-6,9-10,13-14,18,31H,1-2,4,7-8,11-12H2,(H,28,29,33). The number of rotatable bonds is 12. The van der Waals surface area contributed by atoms with Crippen LogP contribution < -0.4 is 10.6 Å². The first-order valence-electron chi connectivity index (χ1n) is 21.8. The van der Waals surface area contributed by atoms with Crippen molar-refractivity contribution in [2.45, 2.75) is 101 Å². The maximum Gasteiger partial charge on any atom is 0.416 e. The Morgan fingerprint density at radius 2 is 1.00 bits per heavy atom. The predicted molar refractivity (Wildman–Crippen MR) is 234 cm³/mol. The van der Waals surface area contributed by atoms with E-state index in [1.165, 1.54) is 24.3 Å². The van der Waals surface area contributed by atoms with Crippen LogP contribution in [0.2, 0.25) is 0 Å². The summed E-state index contributed by atoms with van der Waals surface area (Å²) >= 11 is 0. The van der Waals surface area contributed by atoms with E-state index < -0.39 is 35.3 Å². The molecule has 0 saturated heterocycles. The minimum absolute atomic E-state index is 0.0741. The lowest BCUT2D eigenvalue weighted by Gasteiger charge is -2.20. The van der Waals surface area contributed by atoms with Crippen molar-refractivity contribution < 1.29 is 55.7 Å². The van der Waals surface area contributed by atoms with E-state index in [2.05, 4.69) is 20.6 Å². The third-order valence-electron chi connectivity index (χ3n) is 11.9. The van der Waals surface area contributed by atoms with Crippen LogP contribution in [0.5, 0.6) is 0 Å². The molecule has 0 radical (unpaired) electrons. The van der Waals surface area contributed by atoms with Crippen LogP contribution in [-0.4, -0.2) is 65.9 Å². The summed E-state index contributed by atoms with van der Waals surface area (Å²) in [7, 11) is 0. The quantitative estimate of drug-likeness (QED) is 0.0880. The number of ketones is 2. The van der Waals surface area contributed by atoms with Gasteiger partial charge in [0.1, 0.15) is 11.6 Å². The second-order valence-corrected chi connectivity index (χ2v) is 16.4. The van der Waals surface area contributed by atoms with Crippen LogP contribution in [0.4, 0.5) is 38.2 Å². The fourth-order valence-electron chi connectivity index (χ4n) is 8.52. The molecule has 2 amide bonds. The van der Waals surface area contributed by atoms with Crippen molar-refractivity contribution in [1.29, 1.82) is 0 Å². The van der Waals surface area contributed by atoms with Crippen molar-refractivity contribution in [3.8, 4) is 0 Å². The Hall–Kier alpha value is -6.40. The Morgan fingerprint density at radius 1 is 0.591 bits per heavy atom. The van der Waals surface area contributed by atoms with Crippen LogP contribution >= 0.6 is 0 Å². The summed E-state index contributed by atoms with van der Waals surface area (Å²) in [6.45, 7) is 0.560. The average Bonchev–Trinajstić information content (AvgIpc) is 3.82. The number of hydrogen-bond donors (Lipinski definition) is 4. The van der Waals surface area contributed by atoms with E-state index in [9.17, 15) is 55.7 Å². The minimum atomic E-state index is -4.56. The minimum Gasteiger partial charge on any atom is -0.396 e. The highest BCUT2D eigenvalue weighted by atomic mass is 19.4. The molecule has 2 unspecified atom stereocenters. The number of aliphatic hydroxyl groups is 2. The fraction of sp³-hybridized carbons (Fsp3) is 0.375. The van der Waals surface area contributed by atoms with Crippen LogP contribution in [0.15, 0.2) is 84.9 Å². The summed E-state index contributed by atoms with van der Waals surface area (Å²) in [4.78, 5) is 59.2. The van der Waals surface area contributed by atoms with Crippen molar-refractivity contribution >= 4 is 57.3 Å². The summed E-state index contributed by atoms with van der Waals surface area (Å²) in [5.41, 5.74) is 2.19. The lowest BCUT2D eigenvalue weighted by atomic mass is 9.83. The molecule has 2 fully saturated rings. The number of nitrogens with one attached hydrogen (secondary N) is 2. The van der Waals surface area contributed by atoms with E-state index >= 15 is 0 Å². The monoisotopic (exact) mass is 918 g/mol. The number of carbonyl (C=O) groups is 4. The molecular formula is C48H48F6N6O6. The number of nitrogens with zero attached hydrogens (tertiary/aromatic N) is 4. The van der Waals surface area contributed by atoms with Gasteiger partial charge in [-0.25, -0.2) is 9.97 Å². The van der Waals surface area contributed by atoms with E-state index in [4.69, 9.17) is 0 Å². The van der Waals surface area contributed by atoms with Crippen molar-refractivity contribution in [2.24, 2.45) is 0 Å². The summed E-state index contributed by atoms with van der Waals surface area (Å²) < 4.78 is 81.6. The zero-order valence-electron chi connectivity index (χ0n) is 35.7. The Balaban J connectivity index is 0.000000196. The molecule has 0 spiro atoms. The molecule has 2 aliphatic rings. The van der Waals surface area contributed by atoms with E-state index in [1.807, 2.05) is 36.4 Å². The lowest BCUT2D eigenvalue weighted by molar-refractivity contribution is -0.138. The first kappa shape index (κ1) is 47.6. The number of benzene rings is 4. The summed E-state index contributed by atoms with van der Waals surface area (Å²) in [6.07, 6.45) is -1.84. The van der Waals surface area contributed by atoms with Crippen LogP contribution in [0, 0.1) is 0 Å². The number of aryl methyl sites for hydroxylation is 2. The van der Waals surface area contributed by atoms with Gasteiger partial charge in [-0.15, -0.1) is 0 Å². The maximum atomic E-state index is 13.0. The first-order valence-corrected chi connectivity index (χ1v) is 21.8. The molecule has 0 aliphatic heterocycles. The van der Waals surface area contributed by atoms with Gasteiger partial charge in [0, 0.05) is 62.1 Å². The van der Waals surface area contributed by atoms with Crippen LogP contribution in [-0.2, 0) is 35.0 Å². The number of aromatic nitrogens is 4. The first-order chi connectivity index (χ1) is 31.5. The van der Waals surface area contributed by atoms with E-state index in [0.29, 0.717) is 60.8 Å². The van der Waals surface area contributed by atoms with Crippen LogP contribution in [0.25, 0.3) is 22.1 Å². The smallest absolute Gasteiger partial charge is 0.396 e. The summed E-state index contributed by atoms with van der Waals surface area (Å²) in [6, 6.07) is 19.5. The second-order valence-electron chi connectivity index (χ2n) is 16.4. The summed E-state index contributed by atoms with van der Waals surface area (Å²) in [5.74, 6) is -1.02. The number of carbonyl (C=O) groups excluding carboxylic acids is 4. The fourth-order valence-corrected chi connectivity index (χ4v) is 8.52. The van der Waals surface area contributed by atoms with Crippen LogP contribution in [0.1, 0.15) is 119 Å². The number of hydrogen-bond acceptors (Lipinski definition) is 8.